The smallest absolute Gasteiger partial charge is 0.297 e. The van der Waals surface area contributed by atoms with Crippen molar-refractivity contribution < 1.29 is 9.42 Å². The van der Waals surface area contributed by atoms with Gasteiger partial charge in [-0.25, -0.2) is 0 Å². The van der Waals surface area contributed by atoms with E-state index in [1.165, 1.54) is 0 Å². The molecule has 3 aromatic carbocycles. The molecular formula is C23H20N3OS+. The summed E-state index contributed by atoms with van der Waals surface area (Å²) < 4.78 is 7.26. The molecule has 4 rings (SSSR count). The average molecular weight is 387 g/mol. The predicted octanol–water partition coefficient (Wildman–Crippen LogP) is 5.34. The molecule has 1 aromatic heterocycles. The second-order valence-electron chi connectivity index (χ2n) is 6.09. The summed E-state index contributed by atoms with van der Waals surface area (Å²) in [5.74, 6) is 0.842. The highest BCUT2D eigenvalue weighted by atomic mass is 32.1. The highest BCUT2D eigenvalue weighted by molar-refractivity contribution is 7.15. The molecule has 1 heterocycles. The molecule has 0 saturated heterocycles. The van der Waals surface area contributed by atoms with Crippen LogP contribution < -0.4 is 14.7 Å². The molecule has 0 amide bonds. The Hall–Kier alpha value is -3.44. The van der Waals surface area contributed by atoms with E-state index in [4.69, 9.17) is 9.84 Å². The van der Waals surface area contributed by atoms with Crippen molar-refractivity contribution in [3.8, 4) is 11.4 Å². The number of anilines is 2. The molecule has 0 unspecified atom stereocenters. The van der Waals surface area contributed by atoms with E-state index in [0.717, 1.165) is 32.8 Å². The molecule has 4 nitrogen and oxygen atoms in total. The van der Waals surface area contributed by atoms with Crippen LogP contribution in [0.25, 0.3) is 17.8 Å². The van der Waals surface area contributed by atoms with Gasteiger partial charge in [-0.3, -0.25) is 0 Å². The number of para-hydroxylation sites is 2. The van der Waals surface area contributed by atoms with Gasteiger partial charge in [0.1, 0.15) is 5.75 Å². The van der Waals surface area contributed by atoms with E-state index >= 15 is 0 Å². The molecular weight excluding hydrogens is 366 g/mol. The van der Waals surface area contributed by atoms with Gasteiger partial charge in [0.2, 0.25) is 5.69 Å². The van der Waals surface area contributed by atoms with E-state index in [-0.39, 0.29) is 0 Å². The third-order valence-electron chi connectivity index (χ3n) is 4.14. The summed E-state index contributed by atoms with van der Waals surface area (Å²) in [6.45, 7) is 0. The molecule has 4 aromatic rings. The van der Waals surface area contributed by atoms with Crippen molar-refractivity contribution in [2.75, 3.05) is 12.4 Å². The Labute approximate surface area is 168 Å². The van der Waals surface area contributed by atoms with Crippen molar-refractivity contribution in [1.29, 1.82) is 0 Å². The number of nitrogens with one attached hydrogen (secondary N) is 1. The third-order valence-corrected chi connectivity index (χ3v) is 5.03. The van der Waals surface area contributed by atoms with Crippen LogP contribution in [0.3, 0.4) is 0 Å². The molecule has 0 aliphatic carbocycles. The molecule has 0 aliphatic rings. The number of benzene rings is 3. The van der Waals surface area contributed by atoms with Crippen LogP contribution in [0.1, 0.15) is 10.6 Å². The van der Waals surface area contributed by atoms with Gasteiger partial charge in [-0.05, 0) is 51.9 Å². The molecule has 0 fully saturated rings. The zero-order valence-corrected chi connectivity index (χ0v) is 16.3. The van der Waals surface area contributed by atoms with Gasteiger partial charge >= 0.3 is 0 Å². The SMILES string of the molecule is COc1cccc(/C=C/c2sc(Nc3ccccc3)n[n+]2-c2ccccc2)c1. The first kappa shape index (κ1) is 17.9. The molecule has 1 N–H and O–H groups in total. The van der Waals surface area contributed by atoms with Gasteiger partial charge in [0.15, 0.2) is 0 Å². The van der Waals surface area contributed by atoms with E-state index in [0.29, 0.717) is 0 Å². The van der Waals surface area contributed by atoms with Gasteiger partial charge in [0.25, 0.3) is 10.1 Å². The van der Waals surface area contributed by atoms with Crippen LogP contribution in [0, 0.1) is 0 Å². The number of hydrogen-bond acceptors (Lipinski definition) is 4. The van der Waals surface area contributed by atoms with E-state index < -0.39 is 0 Å². The fourth-order valence-corrected chi connectivity index (χ4v) is 3.63. The van der Waals surface area contributed by atoms with Crippen LogP contribution in [-0.4, -0.2) is 12.2 Å². The Morgan fingerprint density at radius 1 is 0.893 bits per heavy atom. The Morgan fingerprint density at radius 2 is 1.64 bits per heavy atom. The highest BCUT2D eigenvalue weighted by Crippen LogP contribution is 2.23. The Bertz CT molecular complexity index is 1080. The predicted molar refractivity (Wildman–Crippen MR) is 115 cm³/mol. The minimum atomic E-state index is 0.834. The van der Waals surface area contributed by atoms with E-state index in [1.54, 1.807) is 18.4 Å². The maximum absolute atomic E-state index is 5.31. The van der Waals surface area contributed by atoms with E-state index in [1.807, 2.05) is 71.4 Å². The zero-order valence-electron chi connectivity index (χ0n) is 15.4. The second-order valence-corrected chi connectivity index (χ2v) is 7.10. The molecule has 0 saturated carbocycles. The lowest BCUT2D eigenvalue weighted by molar-refractivity contribution is -0.654. The molecule has 28 heavy (non-hydrogen) atoms. The summed E-state index contributed by atoms with van der Waals surface area (Å²) >= 11 is 1.60. The molecule has 0 spiro atoms. The first-order valence-corrected chi connectivity index (χ1v) is 9.76. The van der Waals surface area contributed by atoms with Gasteiger partial charge in [0.05, 0.1) is 7.11 Å². The van der Waals surface area contributed by atoms with Crippen LogP contribution >= 0.6 is 11.3 Å². The molecule has 0 atom stereocenters. The first-order chi connectivity index (χ1) is 13.8. The van der Waals surface area contributed by atoms with Crippen molar-refractivity contribution >= 4 is 34.3 Å². The maximum atomic E-state index is 5.31. The zero-order chi connectivity index (χ0) is 19.2. The Kier molecular flexibility index (Phi) is 5.45. The Balaban J connectivity index is 1.68. The van der Waals surface area contributed by atoms with Gasteiger partial charge in [0, 0.05) is 29.0 Å². The van der Waals surface area contributed by atoms with Crippen LogP contribution in [0.5, 0.6) is 5.75 Å². The normalized spacial score (nSPS) is 10.9. The van der Waals surface area contributed by atoms with Crippen molar-refractivity contribution in [2.45, 2.75) is 0 Å². The molecule has 0 aliphatic heterocycles. The second kappa shape index (κ2) is 8.50. The lowest BCUT2D eigenvalue weighted by atomic mass is 10.2. The minimum Gasteiger partial charge on any atom is -0.497 e. The average Bonchev–Trinajstić information content (AvgIpc) is 3.16. The lowest BCUT2D eigenvalue weighted by Crippen LogP contribution is -2.35. The molecule has 0 bridgehead atoms. The van der Waals surface area contributed by atoms with Gasteiger partial charge in [-0.2, -0.15) is 0 Å². The number of hydrogen-bond donors (Lipinski definition) is 1. The highest BCUT2D eigenvalue weighted by Gasteiger charge is 2.20. The van der Waals surface area contributed by atoms with Crippen LogP contribution in [0.2, 0.25) is 0 Å². The number of ether oxygens (including phenoxy) is 1. The maximum Gasteiger partial charge on any atom is 0.297 e. The van der Waals surface area contributed by atoms with E-state index in [2.05, 4.69) is 35.7 Å². The molecule has 5 heteroatoms. The molecule has 138 valence electrons. The summed E-state index contributed by atoms with van der Waals surface area (Å²) in [6, 6.07) is 28.2. The topological polar surface area (TPSA) is 38.0 Å². The van der Waals surface area contributed by atoms with Crippen molar-refractivity contribution in [3.63, 3.8) is 0 Å². The lowest BCUT2D eigenvalue weighted by Gasteiger charge is -1.99. The quantitative estimate of drug-likeness (QED) is 0.454. The first-order valence-electron chi connectivity index (χ1n) is 8.94. The fourth-order valence-electron chi connectivity index (χ4n) is 2.77. The molecule has 0 radical (unpaired) electrons. The van der Waals surface area contributed by atoms with E-state index in [9.17, 15) is 0 Å². The number of rotatable bonds is 6. The number of methoxy groups -OCH3 is 1. The minimum absolute atomic E-state index is 0.834. The number of nitrogens with zero attached hydrogens (tertiary/aromatic N) is 2. The summed E-state index contributed by atoms with van der Waals surface area (Å²) in [5.41, 5.74) is 3.11. The van der Waals surface area contributed by atoms with Crippen LogP contribution in [0.15, 0.2) is 84.9 Å². The van der Waals surface area contributed by atoms with Crippen molar-refractivity contribution in [1.82, 2.24) is 5.10 Å². The third kappa shape index (κ3) is 4.27. The monoisotopic (exact) mass is 386 g/mol. The summed E-state index contributed by atoms with van der Waals surface area (Å²) in [4.78, 5) is 0. The number of aromatic nitrogens is 2. The summed E-state index contributed by atoms with van der Waals surface area (Å²) in [5, 5.41) is 10.0. The largest absolute Gasteiger partial charge is 0.497 e. The van der Waals surface area contributed by atoms with Gasteiger partial charge < -0.3 is 10.1 Å². The summed E-state index contributed by atoms with van der Waals surface area (Å²) in [7, 11) is 1.68. The van der Waals surface area contributed by atoms with Crippen LogP contribution in [-0.2, 0) is 0 Å². The fraction of sp³-hybridized carbons (Fsp3) is 0.0435. The van der Waals surface area contributed by atoms with Gasteiger partial charge in [-0.1, -0.05) is 48.5 Å². The van der Waals surface area contributed by atoms with Crippen molar-refractivity contribution in [3.05, 3.63) is 95.5 Å². The standard InChI is InChI=1S/C23H20N3OS/c1-27-21-14-8-9-18(17-21)15-16-22-26(20-12-6-3-7-13-20)25-23(28-22)24-19-10-4-2-5-11-19/h2-17H,1H3,(H,24,25)/q+1/b16-15+. The van der Waals surface area contributed by atoms with Crippen LogP contribution in [0.4, 0.5) is 10.8 Å². The summed E-state index contributed by atoms with van der Waals surface area (Å²) in [6.07, 6.45) is 4.15. The van der Waals surface area contributed by atoms with Crippen molar-refractivity contribution in [2.24, 2.45) is 0 Å². The Morgan fingerprint density at radius 3 is 2.39 bits per heavy atom. The van der Waals surface area contributed by atoms with Gasteiger partial charge in [-0.15, -0.1) is 0 Å².